The number of aromatic nitrogens is 1. The Kier molecular flexibility index (Phi) is 5.18. The topological polar surface area (TPSA) is 49.4 Å². The number of nitrogens with one attached hydrogen (secondary N) is 2. The first-order chi connectivity index (χ1) is 12.7. The fraction of sp³-hybridized carbons (Fsp3) is 0.421. The van der Waals surface area contributed by atoms with E-state index in [9.17, 15) is 0 Å². The fourth-order valence-electron chi connectivity index (χ4n) is 3.64. The standard InChI is InChI=1S/C19H23ClN4OS/c1-12-9-14-18(24-7-6-21-13(11-24)4-8-25-2)17-15(10-23-19(14)26-12)16(20)3-5-22-17/h3,5,9-10,13,21,23H,4,6-8,11H2,1-2H3. The third-order valence-corrected chi connectivity index (χ3v) is 6.17. The number of pyridine rings is 1. The Morgan fingerprint density at radius 1 is 1.46 bits per heavy atom. The lowest BCUT2D eigenvalue weighted by atomic mass is 10.1. The van der Waals surface area contributed by atoms with Crippen LogP contribution in [0.3, 0.4) is 0 Å². The minimum Gasteiger partial charge on any atom is -0.385 e. The average molecular weight is 391 g/mol. The molecule has 1 fully saturated rings. The van der Waals surface area contributed by atoms with Gasteiger partial charge in [-0.2, -0.15) is 0 Å². The molecule has 0 spiro atoms. The highest BCUT2D eigenvalue weighted by molar-refractivity contribution is 7.16. The predicted molar refractivity (Wildman–Crippen MR) is 108 cm³/mol. The van der Waals surface area contributed by atoms with Crippen LogP contribution in [0.5, 0.6) is 0 Å². The first kappa shape index (κ1) is 17.8. The Labute approximate surface area is 162 Å². The Bertz CT molecular complexity index is 926. The molecule has 5 nitrogen and oxygen atoms in total. The van der Waals surface area contributed by atoms with Crippen molar-refractivity contribution >= 4 is 39.8 Å². The lowest BCUT2D eigenvalue weighted by Gasteiger charge is -2.36. The normalized spacial score (nSPS) is 19.3. The number of fused-ring (bicyclic) bond motifs is 2. The van der Waals surface area contributed by atoms with Crippen LogP contribution in [0.15, 0.2) is 18.3 Å². The second-order valence-electron chi connectivity index (χ2n) is 6.67. The molecule has 0 bridgehead atoms. The van der Waals surface area contributed by atoms with E-state index in [1.54, 1.807) is 24.6 Å². The van der Waals surface area contributed by atoms with Gasteiger partial charge in [0.2, 0.25) is 0 Å². The molecule has 2 aliphatic rings. The zero-order chi connectivity index (χ0) is 18.1. The van der Waals surface area contributed by atoms with Crippen molar-refractivity contribution in [2.45, 2.75) is 19.4 Å². The summed E-state index contributed by atoms with van der Waals surface area (Å²) in [4.78, 5) is 8.45. The molecule has 0 aromatic carbocycles. The Morgan fingerprint density at radius 3 is 3.19 bits per heavy atom. The summed E-state index contributed by atoms with van der Waals surface area (Å²) in [6.07, 6.45) is 4.77. The maximum Gasteiger partial charge on any atom is 0.102 e. The molecule has 1 saturated heterocycles. The van der Waals surface area contributed by atoms with E-state index in [4.69, 9.17) is 21.3 Å². The maximum atomic E-state index is 6.49. The summed E-state index contributed by atoms with van der Waals surface area (Å²) in [5.74, 6) is 0. The van der Waals surface area contributed by atoms with Crippen molar-refractivity contribution in [3.63, 3.8) is 0 Å². The highest BCUT2D eigenvalue weighted by Gasteiger charge is 2.26. The number of rotatable bonds is 4. The monoisotopic (exact) mass is 390 g/mol. The number of hydrogen-bond donors (Lipinski definition) is 2. The Hall–Kier alpha value is -1.60. The van der Waals surface area contributed by atoms with E-state index in [1.165, 1.54) is 16.1 Å². The summed E-state index contributed by atoms with van der Waals surface area (Å²) in [6, 6.07) is 4.50. The summed E-state index contributed by atoms with van der Waals surface area (Å²) in [7, 11) is 1.75. The van der Waals surface area contributed by atoms with Crippen LogP contribution < -0.4 is 21.2 Å². The Balaban J connectivity index is 1.84. The lowest BCUT2D eigenvalue weighted by Crippen LogP contribution is -2.52. The number of ether oxygens (including phenoxy) is 1. The molecule has 138 valence electrons. The summed E-state index contributed by atoms with van der Waals surface area (Å²) in [5.41, 5.74) is 2.39. The van der Waals surface area contributed by atoms with Crippen LogP contribution in [-0.4, -0.2) is 49.3 Å². The zero-order valence-electron chi connectivity index (χ0n) is 15.0. The van der Waals surface area contributed by atoms with Gasteiger partial charge >= 0.3 is 0 Å². The van der Waals surface area contributed by atoms with Crippen molar-refractivity contribution in [1.82, 2.24) is 15.2 Å². The second kappa shape index (κ2) is 7.56. The maximum absolute atomic E-state index is 6.49. The van der Waals surface area contributed by atoms with Gasteiger partial charge in [0, 0.05) is 67.4 Å². The van der Waals surface area contributed by atoms with Crippen molar-refractivity contribution in [1.29, 1.82) is 0 Å². The summed E-state index contributed by atoms with van der Waals surface area (Å²) >= 11 is 8.25. The van der Waals surface area contributed by atoms with Crippen LogP contribution in [-0.2, 0) is 4.74 Å². The van der Waals surface area contributed by atoms with Crippen molar-refractivity contribution in [2.75, 3.05) is 38.7 Å². The second-order valence-corrected chi connectivity index (χ2v) is 8.33. The Morgan fingerprint density at radius 2 is 2.35 bits per heavy atom. The number of piperazine rings is 1. The van der Waals surface area contributed by atoms with Gasteiger partial charge in [-0.3, -0.25) is 4.98 Å². The minimum absolute atomic E-state index is 0.405. The molecule has 0 aliphatic carbocycles. The number of thiophene rings is 1. The number of halogens is 1. The van der Waals surface area contributed by atoms with Gasteiger partial charge in [0.25, 0.3) is 0 Å². The van der Waals surface area contributed by atoms with Crippen LogP contribution in [0.25, 0.3) is 11.9 Å². The third-order valence-electron chi connectivity index (χ3n) is 4.86. The first-order valence-electron chi connectivity index (χ1n) is 8.87. The zero-order valence-corrected chi connectivity index (χ0v) is 16.6. The summed E-state index contributed by atoms with van der Waals surface area (Å²) < 4.78 is 5.27. The van der Waals surface area contributed by atoms with E-state index in [-0.39, 0.29) is 0 Å². The van der Waals surface area contributed by atoms with E-state index < -0.39 is 0 Å². The molecule has 4 rings (SSSR count). The van der Waals surface area contributed by atoms with Gasteiger partial charge in [-0.05, 0) is 25.5 Å². The van der Waals surface area contributed by atoms with Crippen molar-refractivity contribution in [2.24, 2.45) is 0 Å². The molecule has 0 radical (unpaired) electrons. The third kappa shape index (κ3) is 3.34. The fourth-order valence-corrected chi connectivity index (χ4v) is 4.72. The van der Waals surface area contributed by atoms with E-state index in [1.807, 2.05) is 12.3 Å². The molecule has 2 aromatic rings. The largest absolute Gasteiger partial charge is 0.385 e. The van der Waals surface area contributed by atoms with Gasteiger partial charge in [-0.25, -0.2) is 0 Å². The average Bonchev–Trinajstić information content (AvgIpc) is 2.92. The summed E-state index contributed by atoms with van der Waals surface area (Å²) in [5, 5.41) is 10.8. The van der Waals surface area contributed by atoms with Crippen LogP contribution in [0.1, 0.15) is 16.9 Å². The van der Waals surface area contributed by atoms with Crippen LogP contribution >= 0.6 is 22.9 Å². The van der Waals surface area contributed by atoms with Crippen LogP contribution in [0.2, 0.25) is 5.02 Å². The number of nitrogens with zero attached hydrogens (tertiary/aromatic N) is 2. The molecule has 1 unspecified atom stereocenters. The SMILES string of the molecule is COCCC1CN(C2=c3nccc(Cl)c3=CNc3sc(C)cc32)CCN1. The molecule has 2 aliphatic heterocycles. The van der Waals surface area contributed by atoms with Gasteiger partial charge in [-0.1, -0.05) is 11.6 Å². The van der Waals surface area contributed by atoms with Crippen LogP contribution in [0.4, 0.5) is 5.00 Å². The van der Waals surface area contributed by atoms with Gasteiger partial charge in [0.1, 0.15) is 5.00 Å². The van der Waals surface area contributed by atoms with Crippen molar-refractivity contribution < 1.29 is 4.74 Å². The van der Waals surface area contributed by atoms with Gasteiger partial charge < -0.3 is 20.3 Å². The van der Waals surface area contributed by atoms with E-state index in [2.05, 4.69) is 28.5 Å². The smallest absolute Gasteiger partial charge is 0.102 e. The molecule has 2 aromatic heterocycles. The van der Waals surface area contributed by atoms with E-state index in [0.717, 1.165) is 53.3 Å². The van der Waals surface area contributed by atoms with Crippen molar-refractivity contribution in [3.8, 4) is 0 Å². The molecular weight excluding hydrogens is 368 g/mol. The number of methoxy groups -OCH3 is 1. The highest BCUT2D eigenvalue weighted by atomic mass is 35.5. The minimum atomic E-state index is 0.405. The molecule has 1 atom stereocenters. The molecular formula is C19H23ClN4OS. The molecule has 2 N–H and O–H groups in total. The predicted octanol–water partition coefficient (Wildman–Crippen LogP) is 1.74. The molecule has 26 heavy (non-hydrogen) atoms. The highest BCUT2D eigenvalue weighted by Crippen LogP contribution is 2.34. The lowest BCUT2D eigenvalue weighted by molar-refractivity contribution is 0.166. The number of hydrogen-bond acceptors (Lipinski definition) is 6. The molecule has 7 heteroatoms. The number of aryl methyl sites for hydroxylation is 1. The number of anilines is 1. The molecule has 0 saturated carbocycles. The summed E-state index contributed by atoms with van der Waals surface area (Å²) in [6.45, 7) is 5.73. The quantitative estimate of drug-likeness (QED) is 0.832. The molecule has 4 heterocycles. The van der Waals surface area contributed by atoms with Crippen molar-refractivity contribution in [3.05, 3.63) is 44.4 Å². The van der Waals surface area contributed by atoms with E-state index >= 15 is 0 Å². The van der Waals surface area contributed by atoms with Crippen LogP contribution in [0, 0.1) is 6.92 Å². The molecule has 0 amide bonds. The van der Waals surface area contributed by atoms with Gasteiger partial charge in [0.15, 0.2) is 0 Å². The van der Waals surface area contributed by atoms with Gasteiger partial charge in [-0.15, -0.1) is 11.3 Å². The first-order valence-corrected chi connectivity index (χ1v) is 10.1. The van der Waals surface area contributed by atoms with E-state index in [0.29, 0.717) is 6.04 Å². The van der Waals surface area contributed by atoms with Gasteiger partial charge in [0.05, 0.1) is 16.1 Å².